The first-order valence-electron chi connectivity index (χ1n) is 2.57. The summed E-state index contributed by atoms with van der Waals surface area (Å²) in [4.78, 5) is 9.70. The molecule has 3 nitrogen and oxygen atoms in total. The predicted molar refractivity (Wildman–Crippen MR) is 30.6 cm³/mol. The van der Waals surface area contributed by atoms with E-state index < -0.39 is 6.10 Å². The van der Waals surface area contributed by atoms with Gasteiger partial charge in [0, 0.05) is 13.0 Å². The molecule has 0 fully saturated rings. The van der Waals surface area contributed by atoms with Crippen LogP contribution < -0.4 is 5.32 Å². The SMILES string of the molecule is CNCC(O)CC=O. The van der Waals surface area contributed by atoms with Crippen molar-refractivity contribution in [1.82, 2.24) is 5.32 Å². The van der Waals surface area contributed by atoms with Crippen molar-refractivity contribution < 1.29 is 9.90 Å². The molecule has 0 spiro atoms. The van der Waals surface area contributed by atoms with Crippen LogP contribution in [0.4, 0.5) is 0 Å². The van der Waals surface area contributed by atoms with E-state index >= 15 is 0 Å². The molecule has 0 saturated heterocycles. The minimum absolute atomic E-state index is 0.223. The van der Waals surface area contributed by atoms with Crippen LogP contribution >= 0.6 is 0 Å². The van der Waals surface area contributed by atoms with Gasteiger partial charge < -0.3 is 15.2 Å². The lowest BCUT2D eigenvalue weighted by Crippen LogP contribution is -2.23. The lowest BCUT2D eigenvalue weighted by molar-refractivity contribution is -0.109. The van der Waals surface area contributed by atoms with Crippen molar-refractivity contribution in [1.29, 1.82) is 0 Å². The summed E-state index contributed by atoms with van der Waals surface area (Å²) in [7, 11) is 1.73. The number of hydrogen-bond donors (Lipinski definition) is 2. The van der Waals surface area contributed by atoms with E-state index in [0.29, 0.717) is 12.8 Å². The van der Waals surface area contributed by atoms with E-state index in [4.69, 9.17) is 5.11 Å². The number of carbonyl (C=O) groups excluding carboxylic acids is 1. The molecule has 0 aromatic rings. The first kappa shape index (κ1) is 7.59. The lowest BCUT2D eigenvalue weighted by Gasteiger charge is -2.02. The summed E-state index contributed by atoms with van der Waals surface area (Å²) in [6.45, 7) is 0.485. The van der Waals surface area contributed by atoms with E-state index in [0.717, 1.165) is 0 Å². The molecule has 1 atom stereocenters. The molecule has 2 N–H and O–H groups in total. The molecule has 0 aliphatic carbocycles. The van der Waals surface area contributed by atoms with Gasteiger partial charge >= 0.3 is 0 Å². The predicted octanol–water partition coefficient (Wildman–Crippen LogP) is -0.844. The van der Waals surface area contributed by atoms with Crippen molar-refractivity contribution in [2.24, 2.45) is 0 Å². The number of carbonyl (C=O) groups is 1. The van der Waals surface area contributed by atoms with Crippen LogP contribution in [0.5, 0.6) is 0 Å². The van der Waals surface area contributed by atoms with Gasteiger partial charge in [-0.05, 0) is 7.05 Å². The Labute approximate surface area is 48.7 Å². The lowest BCUT2D eigenvalue weighted by atomic mass is 10.3. The Bertz CT molecular complexity index is 65.4. The van der Waals surface area contributed by atoms with Crippen LogP contribution in [-0.4, -0.2) is 31.1 Å². The van der Waals surface area contributed by atoms with Gasteiger partial charge in [0.15, 0.2) is 0 Å². The molecule has 0 bridgehead atoms. The van der Waals surface area contributed by atoms with Gasteiger partial charge in [0.1, 0.15) is 6.29 Å². The maximum Gasteiger partial charge on any atom is 0.122 e. The Morgan fingerprint density at radius 3 is 2.88 bits per heavy atom. The molecule has 1 unspecified atom stereocenters. The van der Waals surface area contributed by atoms with Gasteiger partial charge in [-0.1, -0.05) is 0 Å². The first-order valence-corrected chi connectivity index (χ1v) is 2.57. The van der Waals surface area contributed by atoms with E-state index in [1.54, 1.807) is 7.05 Å². The van der Waals surface area contributed by atoms with Crippen LogP contribution in [-0.2, 0) is 4.79 Å². The number of aldehydes is 1. The molecule has 0 amide bonds. The maximum atomic E-state index is 9.70. The summed E-state index contributed by atoms with van der Waals surface area (Å²) in [6, 6.07) is 0. The zero-order valence-corrected chi connectivity index (χ0v) is 4.92. The quantitative estimate of drug-likeness (QED) is 0.472. The average Bonchev–Trinajstić information content (AvgIpc) is 1.68. The number of rotatable bonds is 4. The Balaban J connectivity index is 3.03. The van der Waals surface area contributed by atoms with E-state index in [9.17, 15) is 4.79 Å². The van der Waals surface area contributed by atoms with Crippen LogP contribution in [0.2, 0.25) is 0 Å². The van der Waals surface area contributed by atoms with Crippen LogP contribution in [0, 0.1) is 0 Å². The maximum absolute atomic E-state index is 9.70. The van der Waals surface area contributed by atoms with Gasteiger partial charge in [-0.15, -0.1) is 0 Å². The molecule has 0 aliphatic rings. The molecular weight excluding hydrogens is 106 g/mol. The third kappa shape index (κ3) is 3.77. The Morgan fingerprint density at radius 2 is 2.50 bits per heavy atom. The van der Waals surface area contributed by atoms with Gasteiger partial charge in [-0.2, -0.15) is 0 Å². The van der Waals surface area contributed by atoms with Crippen molar-refractivity contribution >= 4 is 6.29 Å². The van der Waals surface area contributed by atoms with E-state index in [2.05, 4.69) is 5.32 Å². The number of aliphatic hydroxyl groups excluding tert-OH is 1. The topological polar surface area (TPSA) is 49.3 Å². The summed E-state index contributed by atoms with van der Waals surface area (Å²) in [5, 5.41) is 11.5. The fourth-order valence-electron chi connectivity index (χ4n) is 0.430. The summed E-state index contributed by atoms with van der Waals surface area (Å²) >= 11 is 0. The fourth-order valence-corrected chi connectivity index (χ4v) is 0.430. The molecule has 0 saturated carbocycles. The first-order chi connectivity index (χ1) is 3.81. The smallest absolute Gasteiger partial charge is 0.122 e. The van der Waals surface area contributed by atoms with Crippen molar-refractivity contribution in [2.75, 3.05) is 13.6 Å². The molecule has 0 radical (unpaired) electrons. The third-order valence-electron chi connectivity index (χ3n) is 0.808. The van der Waals surface area contributed by atoms with E-state index in [1.807, 2.05) is 0 Å². The summed E-state index contributed by atoms with van der Waals surface area (Å²) < 4.78 is 0. The number of aliphatic hydroxyl groups is 1. The molecule has 0 aromatic heterocycles. The standard InChI is InChI=1S/C5H11NO2/c1-6-4-5(8)2-3-7/h3,5-6,8H,2,4H2,1H3. The summed E-state index contributed by atoms with van der Waals surface area (Å²) in [5.41, 5.74) is 0. The van der Waals surface area contributed by atoms with Crippen molar-refractivity contribution in [3.8, 4) is 0 Å². The van der Waals surface area contributed by atoms with Gasteiger partial charge in [-0.25, -0.2) is 0 Å². The number of likely N-dealkylation sites (N-methyl/N-ethyl adjacent to an activating group) is 1. The van der Waals surface area contributed by atoms with Crippen molar-refractivity contribution in [3.05, 3.63) is 0 Å². The summed E-state index contributed by atoms with van der Waals surface area (Å²) in [6.07, 6.45) is 0.417. The van der Waals surface area contributed by atoms with Crippen molar-refractivity contribution in [3.63, 3.8) is 0 Å². The molecule has 0 rings (SSSR count). The van der Waals surface area contributed by atoms with Gasteiger partial charge in [0.2, 0.25) is 0 Å². The average molecular weight is 117 g/mol. The van der Waals surface area contributed by atoms with Crippen LogP contribution in [0.1, 0.15) is 6.42 Å². The molecular formula is C5H11NO2. The van der Waals surface area contributed by atoms with Gasteiger partial charge in [0.05, 0.1) is 6.10 Å². The highest BCUT2D eigenvalue weighted by Crippen LogP contribution is 1.82. The highest BCUT2D eigenvalue weighted by molar-refractivity contribution is 5.50. The second-order valence-electron chi connectivity index (χ2n) is 1.61. The van der Waals surface area contributed by atoms with E-state index in [1.165, 1.54) is 0 Å². The monoisotopic (exact) mass is 117 g/mol. The number of nitrogens with one attached hydrogen (secondary N) is 1. The molecule has 8 heavy (non-hydrogen) atoms. The number of hydrogen-bond acceptors (Lipinski definition) is 3. The largest absolute Gasteiger partial charge is 0.391 e. The Kier molecular flexibility index (Phi) is 4.50. The highest BCUT2D eigenvalue weighted by atomic mass is 16.3. The summed E-state index contributed by atoms with van der Waals surface area (Å²) in [5.74, 6) is 0. The zero-order valence-electron chi connectivity index (χ0n) is 4.92. The highest BCUT2D eigenvalue weighted by Gasteiger charge is 1.97. The van der Waals surface area contributed by atoms with Gasteiger partial charge in [0.25, 0.3) is 0 Å². The second-order valence-corrected chi connectivity index (χ2v) is 1.61. The van der Waals surface area contributed by atoms with Gasteiger partial charge in [-0.3, -0.25) is 0 Å². The molecule has 3 heteroatoms. The fraction of sp³-hybridized carbons (Fsp3) is 0.800. The molecule has 48 valence electrons. The molecule has 0 aromatic carbocycles. The van der Waals surface area contributed by atoms with Crippen LogP contribution in [0.25, 0.3) is 0 Å². The Hall–Kier alpha value is -0.410. The van der Waals surface area contributed by atoms with Crippen LogP contribution in [0.3, 0.4) is 0 Å². The normalized spacial score (nSPS) is 13.2. The van der Waals surface area contributed by atoms with Crippen molar-refractivity contribution in [2.45, 2.75) is 12.5 Å². The zero-order chi connectivity index (χ0) is 6.41. The second kappa shape index (κ2) is 4.74. The third-order valence-corrected chi connectivity index (χ3v) is 0.808. The minimum atomic E-state index is -0.516. The molecule has 0 aliphatic heterocycles. The minimum Gasteiger partial charge on any atom is -0.391 e. The molecule has 0 heterocycles. The Morgan fingerprint density at radius 1 is 1.88 bits per heavy atom. The van der Waals surface area contributed by atoms with Crippen LogP contribution in [0.15, 0.2) is 0 Å². The van der Waals surface area contributed by atoms with E-state index in [-0.39, 0.29) is 6.42 Å².